The van der Waals surface area contributed by atoms with Crippen LogP contribution >= 0.6 is 0 Å². The molecule has 0 spiro atoms. The number of nitrogens with zero attached hydrogens (tertiary/aromatic N) is 3. The van der Waals surface area contributed by atoms with Crippen LogP contribution in [0.15, 0.2) is 18.2 Å². The summed E-state index contributed by atoms with van der Waals surface area (Å²) < 4.78 is 0. The number of piperidine rings is 2. The van der Waals surface area contributed by atoms with Crippen molar-refractivity contribution in [2.75, 3.05) is 32.7 Å². The fourth-order valence-electron chi connectivity index (χ4n) is 4.45. The lowest BCUT2D eigenvalue weighted by molar-refractivity contribution is 0.0590. The molecule has 4 rings (SSSR count). The molecule has 3 heterocycles. The van der Waals surface area contributed by atoms with Gasteiger partial charge in [0.2, 0.25) is 0 Å². The largest absolute Gasteiger partial charge is 0.339 e. The fourth-order valence-corrected chi connectivity index (χ4v) is 4.45. The summed E-state index contributed by atoms with van der Waals surface area (Å²) in [4.78, 5) is 17.6. The fraction of sp³-hybridized carbons (Fsp3) is 0.650. The first kappa shape index (κ1) is 16.1. The highest BCUT2D eigenvalue weighted by Gasteiger charge is 2.28. The van der Waals surface area contributed by atoms with E-state index in [0.29, 0.717) is 6.04 Å². The number of amides is 1. The number of hydrogen-bond acceptors (Lipinski definition) is 2. The monoisotopic (exact) mass is 326 g/mol. The van der Waals surface area contributed by atoms with Gasteiger partial charge in [-0.2, -0.15) is 0 Å². The highest BCUT2D eigenvalue weighted by Crippen LogP contribution is 2.23. The van der Waals surface area contributed by atoms with Crippen molar-refractivity contribution in [2.24, 2.45) is 0 Å². The first-order valence-electron chi connectivity index (χ1n) is 9.59. The van der Waals surface area contributed by atoms with Crippen molar-refractivity contribution < 1.29 is 4.79 Å². The summed E-state index contributed by atoms with van der Waals surface area (Å²) in [6.45, 7) is 6.04. The van der Waals surface area contributed by atoms with Crippen LogP contribution in [0.1, 0.15) is 53.6 Å². The minimum Gasteiger partial charge on any atom is -0.339 e. The first-order valence-corrected chi connectivity index (χ1v) is 9.59. The van der Waals surface area contributed by atoms with Gasteiger partial charge in [0.25, 0.3) is 5.91 Å². The summed E-state index contributed by atoms with van der Waals surface area (Å²) in [6.07, 6.45) is 7.33. The second-order valence-electron chi connectivity index (χ2n) is 7.46. The second-order valence-corrected chi connectivity index (χ2v) is 7.46. The van der Waals surface area contributed by atoms with Crippen molar-refractivity contribution in [1.82, 2.24) is 15.1 Å². The zero-order valence-corrected chi connectivity index (χ0v) is 14.5. The Labute approximate surface area is 145 Å². The van der Waals surface area contributed by atoms with Crippen LogP contribution in [0.25, 0.3) is 0 Å². The molecule has 1 aromatic carbocycles. The number of rotatable bonds is 2. The Kier molecular flexibility index (Phi) is 4.86. The van der Waals surface area contributed by atoms with Crippen LogP contribution in [0, 0.1) is 0 Å². The van der Waals surface area contributed by atoms with Crippen LogP contribution in [-0.4, -0.2) is 54.5 Å². The van der Waals surface area contributed by atoms with E-state index in [0.717, 1.165) is 51.0 Å². The Hall–Kier alpha value is -1.39. The van der Waals surface area contributed by atoms with E-state index in [1.807, 2.05) is 6.07 Å². The molecule has 2 saturated heterocycles. The minimum atomic E-state index is 0.220. The summed E-state index contributed by atoms with van der Waals surface area (Å²) in [6, 6.07) is 6.91. The SMILES string of the molecule is O=C(c1ccc2c(c1)CC[N]C2)N1CCC(N2CCCCC2)CC1. The van der Waals surface area contributed by atoms with Crippen molar-refractivity contribution >= 4 is 5.91 Å². The number of benzene rings is 1. The van der Waals surface area contributed by atoms with Gasteiger partial charge in [-0.25, -0.2) is 5.32 Å². The predicted molar refractivity (Wildman–Crippen MR) is 95.2 cm³/mol. The van der Waals surface area contributed by atoms with Gasteiger partial charge >= 0.3 is 0 Å². The maximum absolute atomic E-state index is 12.9. The predicted octanol–water partition coefficient (Wildman–Crippen LogP) is 2.44. The van der Waals surface area contributed by atoms with Crippen LogP contribution in [0.3, 0.4) is 0 Å². The molecule has 0 saturated carbocycles. The number of fused-ring (bicyclic) bond motifs is 1. The molecule has 3 aliphatic rings. The molecule has 0 atom stereocenters. The maximum Gasteiger partial charge on any atom is 0.253 e. The van der Waals surface area contributed by atoms with Crippen LogP contribution < -0.4 is 5.32 Å². The number of carbonyl (C=O) groups excluding carboxylic acids is 1. The van der Waals surface area contributed by atoms with E-state index in [2.05, 4.69) is 27.2 Å². The molecule has 1 aromatic rings. The number of hydrogen-bond donors (Lipinski definition) is 0. The Bertz CT molecular complexity index is 587. The lowest BCUT2D eigenvalue weighted by Gasteiger charge is -2.40. The van der Waals surface area contributed by atoms with Gasteiger partial charge in [0.1, 0.15) is 0 Å². The molecule has 2 fully saturated rings. The van der Waals surface area contributed by atoms with Crippen LogP contribution in [0.5, 0.6) is 0 Å². The molecule has 4 heteroatoms. The molecule has 1 radical (unpaired) electrons. The molecule has 0 N–H and O–H groups in total. The topological polar surface area (TPSA) is 37.7 Å². The summed E-state index contributed by atoms with van der Waals surface area (Å²) >= 11 is 0. The molecule has 129 valence electrons. The molecule has 0 bridgehead atoms. The Morgan fingerprint density at radius 3 is 2.58 bits per heavy atom. The summed E-state index contributed by atoms with van der Waals surface area (Å²) in [5.74, 6) is 0.220. The van der Waals surface area contributed by atoms with Crippen LogP contribution in [0.2, 0.25) is 0 Å². The van der Waals surface area contributed by atoms with E-state index in [1.54, 1.807) is 0 Å². The van der Waals surface area contributed by atoms with Crippen LogP contribution in [-0.2, 0) is 13.0 Å². The maximum atomic E-state index is 12.9. The molecule has 1 amide bonds. The third-order valence-electron chi connectivity index (χ3n) is 5.93. The first-order chi connectivity index (χ1) is 11.8. The van der Waals surface area contributed by atoms with Gasteiger partial charge < -0.3 is 9.80 Å². The van der Waals surface area contributed by atoms with E-state index >= 15 is 0 Å². The van der Waals surface area contributed by atoms with E-state index < -0.39 is 0 Å². The molecule has 3 aliphatic heterocycles. The van der Waals surface area contributed by atoms with E-state index in [1.165, 1.54) is 43.5 Å². The highest BCUT2D eigenvalue weighted by molar-refractivity contribution is 5.94. The van der Waals surface area contributed by atoms with Gasteiger partial charge in [-0.1, -0.05) is 12.5 Å². The third-order valence-corrected chi connectivity index (χ3v) is 5.93. The molecular formula is C20H28N3O. The molecule has 0 aromatic heterocycles. The second kappa shape index (κ2) is 7.24. The Morgan fingerprint density at radius 1 is 1.00 bits per heavy atom. The van der Waals surface area contributed by atoms with E-state index in [-0.39, 0.29) is 5.91 Å². The van der Waals surface area contributed by atoms with Gasteiger partial charge in [-0.15, -0.1) is 0 Å². The highest BCUT2D eigenvalue weighted by atomic mass is 16.2. The standard InChI is InChI=1S/C20H28N3O/c24-20(17-4-5-18-15-21-9-6-16(18)14-17)23-12-7-19(8-13-23)22-10-2-1-3-11-22/h4-5,14,19H,1-3,6-13,15H2. The normalized spacial score (nSPS) is 23.1. The van der Waals surface area contributed by atoms with E-state index in [4.69, 9.17) is 0 Å². The minimum absolute atomic E-state index is 0.220. The quantitative estimate of drug-likeness (QED) is 0.837. The van der Waals surface area contributed by atoms with Gasteiger partial charge in [-0.3, -0.25) is 4.79 Å². The third kappa shape index (κ3) is 3.35. The molecular weight excluding hydrogens is 298 g/mol. The average molecular weight is 326 g/mol. The van der Waals surface area contributed by atoms with Gasteiger partial charge in [-0.05, 0) is 68.5 Å². The molecule has 4 nitrogen and oxygen atoms in total. The molecule has 0 aliphatic carbocycles. The lowest BCUT2D eigenvalue weighted by Crippen LogP contribution is -2.48. The lowest BCUT2D eigenvalue weighted by atomic mass is 9.96. The Balaban J connectivity index is 1.37. The Morgan fingerprint density at radius 2 is 1.79 bits per heavy atom. The zero-order valence-electron chi connectivity index (χ0n) is 14.5. The van der Waals surface area contributed by atoms with Crippen molar-refractivity contribution in [2.45, 2.75) is 51.1 Å². The molecule has 0 unspecified atom stereocenters. The van der Waals surface area contributed by atoms with Gasteiger partial charge in [0, 0.05) is 37.8 Å². The van der Waals surface area contributed by atoms with Crippen molar-refractivity contribution in [3.8, 4) is 0 Å². The zero-order chi connectivity index (χ0) is 16.4. The van der Waals surface area contributed by atoms with Crippen molar-refractivity contribution in [3.05, 3.63) is 34.9 Å². The van der Waals surface area contributed by atoms with Crippen molar-refractivity contribution in [3.63, 3.8) is 0 Å². The average Bonchev–Trinajstić information content (AvgIpc) is 2.68. The van der Waals surface area contributed by atoms with Crippen LogP contribution in [0.4, 0.5) is 0 Å². The number of carbonyl (C=O) groups is 1. The van der Waals surface area contributed by atoms with Crippen molar-refractivity contribution in [1.29, 1.82) is 0 Å². The summed E-state index contributed by atoms with van der Waals surface area (Å²) in [5, 5.41) is 4.44. The summed E-state index contributed by atoms with van der Waals surface area (Å²) in [5.41, 5.74) is 3.48. The van der Waals surface area contributed by atoms with Gasteiger partial charge in [0.15, 0.2) is 0 Å². The molecule has 24 heavy (non-hydrogen) atoms. The summed E-state index contributed by atoms with van der Waals surface area (Å²) in [7, 11) is 0. The van der Waals surface area contributed by atoms with Gasteiger partial charge in [0.05, 0.1) is 0 Å². The van der Waals surface area contributed by atoms with E-state index in [9.17, 15) is 4.79 Å². The number of likely N-dealkylation sites (tertiary alicyclic amines) is 2. The smallest absolute Gasteiger partial charge is 0.253 e.